The van der Waals surface area contributed by atoms with Gasteiger partial charge in [-0.05, 0) is 19.9 Å². The van der Waals surface area contributed by atoms with E-state index in [1.807, 2.05) is 0 Å². The Bertz CT molecular complexity index is 498. The standard InChI is InChI=1S/C11H12N2O5/c1-3-18-11(15)10(14)12-8-5-4-6-9(7(8)2)13(16)17/h4-6H,3H2,1-2H3,(H,12,14). The molecule has 7 heteroatoms. The summed E-state index contributed by atoms with van der Waals surface area (Å²) in [6, 6.07) is 4.21. The van der Waals surface area contributed by atoms with Crippen LogP contribution in [0.4, 0.5) is 11.4 Å². The van der Waals surface area contributed by atoms with Crippen LogP contribution in [-0.2, 0) is 14.3 Å². The number of carbonyl (C=O) groups excluding carboxylic acids is 2. The number of rotatable bonds is 3. The van der Waals surface area contributed by atoms with E-state index in [1.165, 1.54) is 25.1 Å². The van der Waals surface area contributed by atoms with Crippen LogP contribution in [0, 0.1) is 17.0 Å². The van der Waals surface area contributed by atoms with E-state index in [2.05, 4.69) is 10.1 Å². The Balaban J connectivity index is 2.92. The van der Waals surface area contributed by atoms with Crippen LogP contribution in [0.3, 0.4) is 0 Å². The predicted octanol–water partition coefficient (Wildman–Crippen LogP) is 1.40. The van der Waals surface area contributed by atoms with Crippen molar-refractivity contribution in [2.24, 2.45) is 0 Å². The van der Waals surface area contributed by atoms with Crippen LogP contribution in [0.1, 0.15) is 12.5 Å². The second-order valence-corrected chi connectivity index (χ2v) is 3.38. The SMILES string of the molecule is CCOC(=O)C(=O)Nc1cccc([N+](=O)[O-])c1C. The van der Waals surface area contributed by atoms with Crippen LogP contribution in [0.25, 0.3) is 0 Å². The molecule has 0 atom stereocenters. The molecule has 0 aromatic heterocycles. The van der Waals surface area contributed by atoms with Gasteiger partial charge in [-0.1, -0.05) is 6.07 Å². The maximum Gasteiger partial charge on any atom is 0.397 e. The average molecular weight is 252 g/mol. The van der Waals surface area contributed by atoms with Gasteiger partial charge in [-0.3, -0.25) is 14.9 Å². The minimum Gasteiger partial charge on any atom is -0.459 e. The van der Waals surface area contributed by atoms with Crippen molar-refractivity contribution in [2.75, 3.05) is 11.9 Å². The Morgan fingerprint density at radius 3 is 2.67 bits per heavy atom. The van der Waals surface area contributed by atoms with Gasteiger partial charge in [0.15, 0.2) is 0 Å². The first-order valence-electron chi connectivity index (χ1n) is 5.19. The van der Waals surface area contributed by atoms with Crippen molar-refractivity contribution in [2.45, 2.75) is 13.8 Å². The Morgan fingerprint density at radius 2 is 2.11 bits per heavy atom. The number of nitro benzene ring substituents is 1. The molecule has 0 aliphatic heterocycles. The monoisotopic (exact) mass is 252 g/mol. The molecule has 0 aliphatic rings. The second kappa shape index (κ2) is 5.76. The van der Waals surface area contributed by atoms with Crippen LogP contribution in [0.15, 0.2) is 18.2 Å². The number of esters is 1. The van der Waals surface area contributed by atoms with Crippen LogP contribution in [-0.4, -0.2) is 23.4 Å². The third kappa shape index (κ3) is 3.03. The van der Waals surface area contributed by atoms with E-state index in [-0.39, 0.29) is 23.5 Å². The zero-order chi connectivity index (χ0) is 13.7. The molecular formula is C11H12N2O5. The van der Waals surface area contributed by atoms with Gasteiger partial charge in [0, 0.05) is 6.07 Å². The summed E-state index contributed by atoms with van der Waals surface area (Å²) in [7, 11) is 0. The van der Waals surface area contributed by atoms with Gasteiger partial charge < -0.3 is 10.1 Å². The van der Waals surface area contributed by atoms with E-state index in [0.29, 0.717) is 0 Å². The summed E-state index contributed by atoms with van der Waals surface area (Å²) < 4.78 is 4.51. The van der Waals surface area contributed by atoms with Gasteiger partial charge in [-0.2, -0.15) is 0 Å². The molecule has 7 nitrogen and oxygen atoms in total. The van der Waals surface area contributed by atoms with Crippen molar-refractivity contribution in [3.8, 4) is 0 Å². The minimum absolute atomic E-state index is 0.0835. The fourth-order valence-electron chi connectivity index (χ4n) is 1.33. The summed E-state index contributed by atoms with van der Waals surface area (Å²) in [5.41, 5.74) is 0.360. The molecule has 0 aliphatic carbocycles. The number of anilines is 1. The molecule has 18 heavy (non-hydrogen) atoms. The largest absolute Gasteiger partial charge is 0.459 e. The number of amides is 1. The molecular weight excluding hydrogens is 240 g/mol. The number of benzene rings is 1. The van der Waals surface area contributed by atoms with Gasteiger partial charge in [-0.15, -0.1) is 0 Å². The number of hydrogen-bond acceptors (Lipinski definition) is 5. The highest BCUT2D eigenvalue weighted by Gasteiger charge is 2.19. The van der Waals surface area contributed by atoms with Gasteiger partial charge in [0.1, 0.15) is 0 Å². The molecule has 96 valence electrons. The van der Waals surface area contributed by atoms with Gasteiger partial charge in [0.2, 0.25) is 0 Å². The molecule has 0 saturated carbocycles. The molecule has 1 aromatic rings. The Hall–Kier alpha value is -2.44. The molecule has 1 rings (SSSR count). The maximum atomic E-state index is 11.4. The fourth-order valence-corrected chi connectivity index (χ4v) is 1.33. The Labute approximate surface area is 103 Å². The lowest BCUT2D eigenvalue weighted by Gasteiger charge is -2.07. The molecule has 0 bridgehead atoms. The van der Waals surface area contributed by atoms with Gasteiger partial charge >= 0.3 is 11.9 Å². The minimum atomic E-state index is -1.02. The average Bonchev–Trinajstić information content (AvgIpc) is 2.31. The van der Waals surface area contributed by atoms with Gasteiger partial charge in [0.05, 0.1) is 22.8 Å². The Kier molecular flexibility index (Phi) is 4.36. The lowest BCUT2D eigenvalue weighted by molar-refractivity contribution is -0.385. The molecule has 0 radical (unpaired) electrons. The number of nitrogens with zero attached hydrogens (tertiary/aromatic N) is 1. The molecule has 0 fully saturated rings. The number of carbonyl (C=O) groups is 2. The maximum absolute atomic E-state index is 11.4. The van der Waals surface area contributed by atoms with E-state index < -0.39 is 16.8 Å². The zero-order valence-electron chi connectivity index (χ0n) is 9.93. The number of nitro groups is 1. The molecule has 0 heterocycles. The highest BCUT2D eigenvalue weighted by molar-refractivity contribution is 6.37. The van der Waals surface area contributed by atoms with Crippen molar-refractivity contribution in [3.05, 3.63) is 33.9 Å². The highest BCUT2D eigenvalue weighted by Crippen LogP contribution is 2.24. The first-order valence-corrected chi connectivity index (χ1v) is 5.19. The molecule has 0 saturated heterocycles. The number of hydrogen-bond donors (Lipinski definition) is 1. The van der Waals surface area contributed by atoms with Crippen LogP contribution >= 0.6 is 0 Å². The first-order chi connectivity index (χ1) is 8.47. The molecule has 1 aromatic carbocycles. The molecule has 1 amide bonds. The third-order valence-corrected chi connectivity index (χ3v) is 2.21. The normalized spacial score (nSPS) is 9.67. The Morgan fingerprint density at radius 1 is 1.44 bits per heavy atom. The molecule has 1 N–H and O–H groups in total. The molecule has 0 unspecified atom stereocenters. The first kappa shape index (κ1) is 13.6. The van der Waals surface area contributed by atoms with E-state index in [9.17, 15) is 19.7 Å². The van der Waals surface area contributed by atoms with E-state index in [1.54, 1.807) is 6.92 Å². The van der Waals surface area contributed by atoms with E-state index in [4.69, 9.17) is 0 Å². The van der Waals surface area contributed by atoms with Crippen molar-refractivity contribution >= 4 is 23.3 Å². The van der Waals surface area contributed by atoms with Crippen LogP contribution in [0.2, 0.25) is 0 Å². The second-order valence-electron chi connectivity index (χ2n) is 3.38. The van der Waals surface area contributed by atoms with E-state index >= 15 is 0 Å². The fraction of sp³-hybridized carbons (Fsp3) is 0.273. The summed E-state index contributed by atoms with van der Waals surface area (Å²) in [5.74, 6) is -1.98. The van der Waals surface area contributed by atoms with Crippen molar-refractivity contribution in [1.82, 2.24) is 0 Å². The van der Waals surface area contributed by atoms with Gasteiger partial charge in [-0.25, -0.2) is 4.79 Å². The zero-order valence-corrected chi connectivity index (χ0v) is 9.93. The van der Waals surface area contributed by atoms with Crippen molar-refractivity contribution in [1.29, 1.82) is 0 Å². The van der Waals surface area contributed by atoms with E-state index in [0.717, 1.165) is 0 Å². The van der Waals surface area contributed by atoms with Crippen LogP contribution < -0.4 is 5.32 Å². The summed E-state index contributed by atoms with van der Waals surface area (Å²) in [5, 5.41) is 13.0. The predicted molar refractivity (Wildman–Crippen MR) is 63.1 cm³/mol. The number of ether oxygens (including phenoxy) is 1. The molecule has 0 spiro atoms. The summed E-state index contributed by atoms with van der Waals surface area (Å²) >= 11 is 0. The van der Waals surface area contributed by atoms with Crippen molar-refractivity contribution in [3.63, 3.8) is 0 Å². The quantitative estimate of drug-likeness (QED) is 0.379. The summed E-state index contributed by atoms with van der Waals surface area (Å²) in [6.45, 7) is 3.14. The smallest absolute Gasteiger partial charge is 0.397 e. The lowest BCUT2D eigenvalue weighted by Crippen LogP contribution is -2.25. The highest BCUT2D eigenvalue weighted by atomic mass is 16.6. The lowest BCUT2D eigenvalue weighted by atomic mass is 10.1. The topological polar surface area (TPSA) is 98.5 Å². The van der Waals surface area contributed by atoms with Crippen molar-refractivity contribution < 1.29 is 19.2 Å². The summed E-state index contributed by atoms with van der Waals surface area (Å²) in [4.78, 5) is 32.6. The number of nitrogens with one attached hydrogen (secondary N) is 1. The third-order valence-electron chi connectivity index (χ3n) is 2.21. The summed E-state index contributed by atoms with van der Waals surface area (Å²) in [6.07, 6.45) is 0. The van der Waals surface area contributed by atoms with Gasteiger partial charge in [0.25, 0.3) is 5.69 Å². The van der Waals surface area contributed by atoms with Crippen LogP contribution in [0.5, 0.6) is 0 Å².